The monoisotopic (exact) mass is 256 g/mol. The van der Waals surface area contributed by atoms with E-state index in [2.05, 4.69) is 0 Å². The first-order valence-corrected chi connectivity index (χ1v) is 6.81. The van der Waals surface area contributed by atoms with Crippen LogP contribution in [0.4, 0.5) is 0 Å². The van der Waals surface area contributed by atoms with Crippen molar-refractivity contribution in [3.05, 3.63) is 0 Å². The average Bonchev–Trinajstić information content (AvgIpc) is 2.79. The molecule has 4 atom stereocenters. The van der Waals surface area contributed by atoms with Crippen molar-refractivity contribution in [2.24, 2.45) is 0 Å². The molecular formula is C13H20O5. The summed E-state index contributed by atoms with van der Waals surface area (Å²) in [5, 5.41) is 10.0. The second kappa shape index (κ2) is 4.47. The number of ether oxygens (including phenoxy) is 3. The zero-order chi connectivity index (χ0) is 12.8. The predicted octanol–water partition coefficient (Wildman–Crippen LogP) is 1.13. The van der Waals surface area contributed by atoms with Crippen LogP contribution in [0.1, 0.15) is 45.4 Å². The standard InChI is InChI=1S/C13H20O5/c1-8(14)16-10-7-9(15)11-12(10)18-13(17-11)5-3-2-4-6-13/h9-12,15H,2-7H2,1H3/t9-,10+,11+,12-/m0/s1. The van der Waals surface area contributed by atoms with Crippen molar-refractivity contribution >= 4 is 5.97 Å². The third-order valence-electron chi connectivity index (χ3n) is 4.18. The summed E-state index contributed by atoms with van der Waals surface area (Å²) in [6.07, 6.45) is 3.93. The Labute approximate surface area is 106 Å². The molecule has 0 amide bonds. The van der Waals surface area contributed by atoms with Crippen molar-refractivity contribution in [3.8, 4) is 0 Å². The SMILES string of the molecule is CC(=O)O[C@@H]1C[C@H](O)[C@H]2OC3(CCCCC3)O[C@H]21. The van der Waals surface area contributed by atoms with Gasteiger partial charge in [0.25, 0.3) is 0 Å². The molecule has 1 saturated heterocycles. The average molecular weight is 256 g/mol. The number of fused-ring (bicyclic) bond motifs is 1. The van der Waals surface area contributed by atoms with Gasteiger partial charge in [-0.2, -0.15) is 0 Å². The molecule has 102 valence electrons. The number of esters is 1. The molecule has 2 aliphatic carbocycles. The molecule has 0 aromatic heterocycles. The number of carbonyl (C=O) groups excluding carboxylic acids is 1. The molecule has 3 fully saturated rings. The van der Waals surface area contributed by atoms with Crippen LogP contribution in [0.3, 0.4) is 0 Å². The third kappa shape index (κ3) is 2.04. The number of aliphatic hydroxyl groups excluding tert-OH is 1. The van der Waals surface area contributed by atoms with Crippen LogP contribution in [0.5, 0.6) is 0 Å². The lowest BCUT2D eigenvalue weighted by atomic mass is 9.94. The highest BCUT2D eigenvalue weighted by molar-refractivity contribution is 5.66. The summed E-state index contributed by atoms with van der Waals surface area (Å²) in [5.74, 6) is -0.867. The van der Waals surface area contributed by atoms with Crippen LogP contribution in [0.15, 0.2) is 0 Å². The van der Waals surface area contributed by atoms with Gasteiger partial charge in [0.1, 0.15) is 18.3 Å². The minimum atomic E-state index is -0.597. The molecule has 0 bridgehead atoms. The van der Waals surface area contributed by atoms with Crippen molar-refractivity contribution in [2.45, 2.75) is 75.7 Å². The highest BCUT2D eigenvalue weighted by Crippen LogP contribution is 2.46. The van der Waals surface area contributed by atoms with E-state index in [9.17, 15) is 9.90 Å². The third-order valence-corrected chi connectivity index (χ3v) is 4.18. The fourth-order valence-electron chi connectivity index (χ4n) is 3.40. The van der Waals surface area contributed by atoms with Crippen LogP contribution < -0.4 is 0 Å². The summed E-state index contributed by atoms with van der Waals surface area (Å²) >= 11 is 0. The van der Waals surface area contributed by atoms with Gasteiger partial charge in [0, 0.05) is 26.2 Å². The maximum atomic E-state index is 11.1. The van der Waals surface area contributed by atoms with E-state index in [0.29, 0.717) is 6.42 Å². The van der Waals surface area contributed by atoms with Crippen LogP contribution in [0.2, 0.25) is 0 Å². The Kier molecular flexibility index (Phi) is 3.08. The Morgan fingerprint density at radius 2 is 1.89 bits per heavy atom. The Hall–Kier alpha value is -0.650. The predicted molar refractivity (Wildman–Crippen MR) is 61.7 cm³/mol. The lowest BCUT2D eigenvalue weighted by Gasteiger charge is -2.33. The molecule has 1 heterocycles. The highest BCUT2D eigenvalue weighted by Gasteiger charge is 2.58. The molecule has 3 aliphatic rings. The van der Waals surface area contributed by atoms with Gasteiger partial charge in [0.05, 0.1) is 6.10 Å². The lowest BCUT2D eigenvalue weighted by Crippen LogP contribution is -2.37. The number of carbonyl (C=O) groups is 1. The second-order valence-electron chi connectivity index (χ2n) is 5.59. The van der Waals surface area contributed by atoms with Gasteiger partial charge in [-0.15, -0.1) is 0 Å². The molecule has 0 aromatic carbocycles. The summed E-state index contributed by atoms with van der Waals surface area (Å²) < 4.78 is 17.2. The zero-order valence-electron chi connectivity index (χ0n) is 10.6. The van der Waals surface area contributed by atoms with Crippen molar-refractivity contribution in [1.29, 1.82) is 0 Å². The Balaban J connectivity index is 1.73. The summed E-state index contributed by atoms with van der Waals surface area (Å²) in [6.45, 7) is 1.38. The van der Waals surface area contributed by atoms with Gasteiger partial charge >= 0.3 is 5.97 Å². The van der Waals surface area contributed by atoms with Crippen LogP contribution in [0.25, 0.3) is 0 Å². The van der Waals surface area contributed by atoms with Crippen molar-refractivity contribution in [1.82, 2.24) is 0 Å². The van der Waals surface area contributed by atoms with E-state index in [0.717, 1.165) is 25.7 Å². The van der Waals surface area contributed by atoms with Crippen molar-refractivity contribution in [2.75, 3.05) is 0 Å². The van der Waals surface area contributed by atoms with E-state index >= 15 is 0 Å². The molecule has 5 heteroatoms. The van der Waals surface area contributed by atoms with Gasteiger partial charge in [0.2, 0.25) is 0 Å². The molecular weight excluding hydrogens is 236 g/mol. The molecule has 1 spiro atoms. The highest BCUT2D eigenvalue weighted by atomic mass is 16.8. The number of rotatable bonds is 1. The molecule has 0 unspecified atom stereocenters. The first-order valence-electron chi connectivity index (χ1n) is 6.81. The summed E-state index contributed by atoms with van der Waals surface area (Å²) in [5.41, 5.74) is 0. The fraction of sp³-hybridized carbons (Fsp3) is 0.923. The summed E-state index contributed by atoms with van der Waals surface area (Å²) in [7, 11) is 0. The van der Waals surface area contributed by atoms with Gasteiger partial charge in [-0.3, -0.25) is 4.79 Å². The summed E-state index contributed by atoms with van der Waals surface area (Å²) in [4.78, 5) is 11.1. The molecule has 1 aliphatic heterocycles. The van der Waals surface area contributed by atoms with E-state index in [1.807, 2.05) is 0 Å². The smallest absolute Gasteiger partial charge is 0.302 e. The maximum Gasteiger partial charge on any atom is 0.302 e. The Morgan fingerprint density at radius 1 is 1.22 bits per heavy atom. The normalized spacial score (nSPS) is 41.9. The quantitative estimate of drug-likeness (QED) is 0.712. The van der Waals surface area contributed by atoms with Crippen LogP contribution in [0, 0.1) is 0 Å². The minimum Gasteiger partial charge on any atom is -0.460 e. The first kappa shape index (κ1) is 12.4. The minimum absolute atomic E-state index is 0.304. The van der Waals surface area contributed by atoms with Gasteiger partial charge in [-0.25, -0.2) is 0 Å². The molecule has 2 saturated carbocycles. The number of aliphatic hydroxyl groups is 1. The van der Waals surface area contributed by atoms with Crippen LogP contribution in [-0.4, -0.2) is 41.3 Å². The first-order chi connectivity index (χ1) is 8.60. The van der Waals surface area contributed by atoms with Crippen molar-refractivity contribution < 1.29 is 24.1 Å². The Bertz CT molecular complexity index is 336. The number of hydrogen-bond donors (Lipinski definition) is 1. The molecule has 18 heavy (non-hydrogen) atoms. The van der Waals surface area contributed by atoms with E-state index in [-0.39, 0.29) is 24.3 Å². The maximum absolute atomic E-state index is 11.1. The van der Waals surface area contributed by atoms with Gasteiger partial charge in [0.15, 0.2) is 5.79 Å². The molecule has 0 radical (unpaired) electrons. The fourth-order valence-corrected chi connectivity index (χ4v) is 3.40. The Morgan fingerprint density at radius 3 is 2.56 bits per heavy atom. The molecule has 3 rings (SSSR count). The lowest BCUT2D eigenvalue weighted by molar-refractivity contribution is -0.215. The largest absolute Gasteiger partial charge is 0.460 e. The topological polar surface area (TPSA) is 65.0 Å². The van der Waals surface area contributed by atoms with Crippen LogP contribution >= 0.6 is 0 Å². The molecule has 1 N–H and O–H groups in total. The number of hydrogen-bond acceptors (Lipinski definition) is 5. The van der Waals surface area contributed by atoms with Crippen LogP contribution in [-0.2, 0) is 19.0 Å². The summed E-state index contributed by atoms with van der Waals surface area (Å²) in [6, 6.07) is 0. The molecule has 5 nitrogen and oxygen atoms in total. The van der Waals surface area contributed by atoms with Crippen molar-refractivity contribution in [3.63, 3.8) is 0 Å². The van der Waals surface area contributed by atoms with Gasteiger partial charge in [-0.05, 0) is 12.8 Å². The van der Waals surface area contributed by atoms with Gasteiger partial charge < -0.3 is 19.3 Å². The second-order valence-corrected chi connectivity index (χ2v) is 5.59. The van der Waals surface area contributed by atoms with E-state index in [1.165, 1.54) is 13.3 Å². The molecule has 0 aromatic rings. The van der Waals surface area contributed by atoms with E-state index < -0.39 is 11.9 Å². The zero-order valence-corrected chi connectivity index (χ0v) is 10.6. The van der Waals surface area contributed by atoms with E-state index in [4.69, 9.17) is 14.2 Å². The van der Waals surface area contributed by atoms with Gasteiger partial charge in [-0.1, -0.05) is 6.42 Å². The van der Waals surface area contributed by atoms with E-state index in [1.54, 1.807) is 0 Å².